The van der Waals surface area contributed by atoms with Crippen molar-refractivity contribution in [3.63, 3.8) is 0 Å². The summed E-state index contributed by atoms with van der Waals surface area (Å²) in [6, 6.07) is 16.4. The van der Waals surface area contributed by atoms with Gasteiger partial charge in [0.1, 0.15) is 0 Å². The molecule has 3 N–H and O–H groups in total. The Morgan fingerprint density at radius 3 is 2.53 bits per heavy atom. The standard InChI is InChI=1S/C23H28N4O3/c1-17-7-5-11-20(15-17)26-23(30)27-14-6-10-19(16-27)22(29)25-13-12-24-21(28)18-8-3-2-4-9-18/h2-5,7-9,11,15,19H,6,10,12-14,16H2,1H3,(H,24,28)(H,25,29)(H,26,30). The summed E-state index contributed by atoms with van der Waals surface area (Å²) >= 11 is 0. The quantitative estimate of drug-likeness (QED) is 0.642. The molecule has 0 aromatic heterocycles. The molecule has 0 radical (unpaired) electrons. The Labute approximate surface area is 176 Å². The van der Waals surface area contributed by atoms with Gasteiger partial charge in [-0.15, -0.1) is 0 Å². The predicted octanol–water partition coefficient (Wildman–Crippen LogP) is 2.79. The van der Waals surface area contributed by atoms with E-state index in [-0.39, 0.29) is 23.8 Å². The fraction of sp³-hybridized carbons (Fsp3) is 0.348. The molecule has 7 nitrogen and oxygen atoms in total. The van der Waals surface area contributed by atoms with Gasteiger partial charge in [0, 0.05) is 37.4 Å². The van der Waals surface area contributed by atoms with Crippen molar-refractivity contribution >= 4 is 23.5 Å². The van der Waals surface area contributed by atoms with E-state index in [0.29, 0.717) is 31.7 Å². The molecule has 2 aromatic carbocycles. The summed E-state index contributed by atoms with van der Waals surface area (Å²) in [5.41, 5.74) is 2.41. The highest BCUT2D eigenvalue weighted by molar-refractivity contribution is 5.94. The molecule has 0 aliphatic carbocycles. The number of urea groups is 1. The van der Waals surface area contributed by atoms with Crippen molar-refractivity contribution in [2.45, 2.75) is 19.8 Å². The third-order valence-electron chi connectivity index (χ3n) is 5.09. The van der Waals surface area contributed by atoms with Gasteiger partial charge < -0.3 is 20.9 Å². The van der Waals surface area contributed by atoms with Crippen LogP contribution in [0.4, 0.5) is 10.5 Å². The second-order valence-electron chi connectivity index (χ2n) is 7.50. The number of likely N-dealkylation sites (tertiary alicyclic amines) is 1. The van der Waals surface area contributed by atoms with Crippen molar-refractivity contribution in [1.82, 2.24) is 15.5 Å². The van der Waals surface area contributed by atoms with E-state index in [4.69, 9.17) is 0 Å². The van der Waals surface area contributed by atoms with E-state index in [1.165, 1.54) is 0 Å². The molecule has 0 spiro atoms. The molecule has 7 heteroatoms. The number of carbonyl (C=O) groups is 3. The van der Waals surface area contributed by atoms with E-state index >= 15 is 0 Å². The van der Waals surface area contributed by atoms with Gasteiger partial charge in [-0.3, -0.25) is 9.59 Å². The van der Waals surface area contributed by atoms with Gasteiger partial charge in [0.15, 0.2) is 0 Å². The molecule has 1 atom stereocenters. The van der Waals surface area contributed by atoms with Crippen LogP contribution in [0.2, 0.25) is 0 Å². The fourth-order valence-corrected chi connectivity index (χ4v) is 3.50. The highest BCUT2D eigenvalue weighted by Crippen LogP contribution is 2.18. The third-order valence-corrected chi connectivity index (χ3v) is 5.09. The lowest BCUT2D eigenvalue weighted by Gasteiger charge is -2.32. The second kappa shape index (κ2) is 10.4. The van der Waals surface area contributed by atoms with Gasteiger partial charge in [-0.25, -0.2) is 4.79 Å². The molecule has 2 aromatic rings. The minimum atomic E-state index is -0.244. The van der Waals surface area contributed by atoms with Crippen LogP contribution in [0.3, 0.4) is 0 Å². The number of rotatable bonds is 6. The Kier molecular flexibility index (Phi) is 7.43. The van der Waals surface area contributed by atoms with Crippen LogP contribution in [0.1, 0.15) is 28.8 Å². The number of piperidine rings is 1. The van der Waals surface area contributed by atoms with Gasteiger partial charge in [0.05, 0.1) is 5.92 Å². The van der Waals surface area contributed by atoms with Crippen molar-refractivity contribution in [2.24, 2.45) is 5.92 Å². The first-order valence-corrected chi connectivity index (χ1v) is 10.3. The van der Waals surface area contributed by atoms with Gasteiger partial charge in [-0.1, -0.05) is 30.3 Å². The zero-order valence-electron chi connectivity index (χ0n) is 17.2. The van der Waals surface area contributed by atoms with Crippen LogP contribution < -0.4 is 16.0 Å². The predicted molar refractivity (Wildman–Crippen MR) is 116 cm³/mol. The molecular formula is C23H28N4O3. The molecule has 158 valence electrons. The van der Waals surface area contributed by atoms with Crippen LogP contribution in [0.15, 0.2) is 54.6 Å². The molecule has 1 aliphatic rings. The Hall–Kier alpha value is -3.35. The lowest BCUT2D eigenvalue weighted by Crippen LogP contribution is -2.47. The lowest BCUT2D eigenvalue weighted by molar-refractivity contribution is -0.126. The molecule has 1 saturated heterocycles. The number of aryl methyl sites for hydroxylation is 1. The van der Waals surface area contributed by atoms with Crippen LogP contribution in [0.5, 0.6) is 0 Å². The largest absolute Gasteiger partial charge is 0.354 e. The Bertz CT molecular complexity index is 885. The van der Waals surface area contributed by atoms with E-state index in [1.807, 2.05) is 37.3 Å². The first-order chi connectivity index (χ1) is 14.5. The molecule has 1 aliphatic heterocycles. The first kappa shape index (κ1) is 21.4. The number of benzene rings is 2. The molecule has 0 bridgehead atoms. The minimum absolute atomic E-state index is 0.0861. The summed E-state index contributed by atoms with van der Waals surface area (Å²) in [5.74, 6) is -0.495. The lowest BCUT2D eigenvalue weighted by atomic mass is 9.97. The van der Waals surface area contributed by atoms with Crippen LogP contribution >= 0.6 is 0 Å². The van der Waals surface area contributed by atoms with E-state index in [9.17, 15) is 14.4 Å². The summed E-state index contributed by atoms with van der Waals surface area (Å²) in [4.78, 5) is 38.7. The van der Waals surface area contributed by atoms with Crippen LogP contribution in [-0.4, -0.2) is 48.9 Å². The maximum atomic E-state index is 12.6. The topological polar surface area (TPSA) is 90.5 Å². The van der Waals surface area contributed by atoms with Gasteiger partial charge in [0.25, 0.3) is 5.91 Å². The number of anilines is 1. The third kappa shape index (κ3) is 6.07. The summed E-state index contributed by atoms with van der Waals surface area (Å²) in [5, 5.41) is 8.55. The van der Waals surface area contributed by atoms with Crippen molar-refractivity contribution in [3.8, 4) is 0 Å². The molecular weight excluding hydrogens is 380 g/mol. The van der Waals surface area contributed by atoms with E-state index in [2.05, 4.69) is 16.0 Å². The highest BCUT2D eigenvalue weighted by atomic mass is 16.2. The smallest absolute Gasteiger partial charge is 0.321 e. The average molecular weight is 409 g/mol. The maximum absolute atomic E-state index is 12.6. The monoisotopic (exact) mass is 408 g/mol. The average Bonchev–Trinajstić information content (AvgIpc) is 2.77. The molecule has 0 saturated carbocycles. The molecule has 1 heterocycles. The summed E-state index contributed by atoms with van der Waals surface area (Å²) < 4.78 is 0. The summed E-state index contributed by atoms with van der Waals surface area (Å²) in [7, 11) is 0. The normalized spacial score (nSPS) is 15.9. The van der Waals surface area contributed by atoms with Crippen molar-refractivity contribution in [1.29, 1.82) is 0 Å². The Morgan fingerprint density at radius 2 is 1.77 bits per heavy atom. The van der Waals surface area contributed by atoms with E-state index in [1.54, 1.807) is 29.2 Å². The van der Waals surface area contributed by atoms with Gasteiger partial charge in [-0.2, -0.15) is 0 Å². The number of carbonyl (C=O) groups excluding carboxylic acids is 3. The van der Waals surface area contributed by atoms with Gasteiger partial charge >= 0.3 is 6.03 Å². The van der Waals surface area contributed by atoms with Crippen LogP contribution in [0.25, 0.3) is 0 Å². The van der Waals surface area contributed by atoms with Crippen LogP contribution in [-0.2, 0) is 4.79 Å². The second-order valence-corrected chi connectivity index (χ2v) is 7.50. The van der Waals surface area contributed by atoms with E-state index in [0.717, 1.165) is 24.1 Å². The number of nitrogens with zero attached hydrogens (tertiary/aromatic N) is 1. The molecule has 3 rings (SSSR count). The summed E-state index contributed by atoms with van der Waals surface area (Å²) in [6.07, 6.45) is 1.53. The van der Waals surface area contributed by atoms with E-state index < -0.39 is 0 Å². The zero-order valence-corrected chi connectivity index (χ0v) is 17.2. The highest BCUT2D eigenvalue weighted by Gasteiger charge is 2.28. The number of hydrogen-bond donors (Lipinski definition) is 3. The fourth-order valence-electron chi connectivity index (χ4n) is 3.50. The Morgan fingerprint density at radius 1 is 1.00 bits per heavy atom. The number of nitrogens with one attached hydrogen (secondary N) is 3. The Balaban J connectivity index is 1.41. The van der Waals surface area contributed by atoms with Crippen molar-refractivity contribution in [2.75, 3.05) is 31.5 Å². The number of amides is 4. The molecule has 30 heavy (non-hydrogen) atoms. The zero-order chi connectivity index (χ0) is 21.3. The van der Waals surface area contributed by atoms with Gasteiger partial charge in [-0.05, 0) is 49.6 Å². The minimum Gasteiger partial charge on any atom is -0.354 e. The SMILES string of the molecule is Cc1cccc(NC(=O)N2CCCC(C(=O)NCCNC(=O)c3ccccc3)C2)c1. The van der Waals surface area contributed by atoms with Crippen molar-refractivity contribution in [3.05, 3.63) is 65.7 Å². The van der Waals surface area contributed by atoms with Crippen LogP contribution in [0, 0.1) is 12.8 Å². The van der Waals surface area contributed by atoms with Crippen molar-refractivity contribution < 1.29 is 14.4 Å². The maximum Gasteiger partial charge on any atom is 0.321 e. The number of hydrogen-bond acceptors (Lipinski definition) is 3. The molecule has 4 amide bonds. The molecule has 1 fully saturated rings. The van der Waals surface area contributed by atoms with Gasteiger partial charge in [0.2, 0.25) is 5.91 Å². The summed E-state index contributed by atoms with van der Waals surface area (Å²) in [6.45, 7) is 3.70. The first-order valence-electron chi connectivity index (χ1n) is 10.3. The molecule has 1 unspecified atom stereocenters.